The Kier molecular flexibility index (Phi) is 6.46. The van der Waals surface area contributed by atoms with Crippen LogP contribution in [0.4, 0.5) is 0 Å². The largest absolute Gasteiger partial charge is 0.481 e. The van der Waals surface area contributed by atoms with E-state index in [0.29, 0.717) is 11.8 Å². The number of carbonyl (C=O) groups excluding carboxylic acids is 1. The lowest BCUT2D eigenvalue weighted by Crippen LogP contribution is -2.42. The lowest BCUT2D eigenvalue weighted by molar-refractivity contribution is -0.127. The number of rotatable bonds is 6. The molecule has 1 saturated heterocycles. The molecule has 2 atom stereocenters. The molecule has 23 heavy (non-hydrogen) atoms. The first kappa shape index (κ1) is 17.8. The Morgan fingerprint density at radius 3 is 2.78 bits per heavy atom. The molecule has 0 spiro atoms. The highest BCUT2D eigenvalue weighted by atomic mass is 16.5. The average molecular weight is 318 g/mol. The van der Waals surface area contributed by atoms with Gasteiger partial charge in [-0.1, -0.05) is 19.9 Å². The fraction of sp³-hybridized carbons (Fsp3) is 0.632. The van der Waals surface area contributed by atoms with Crippen LogP contribution in [0.15, 0.2) is 18.2 Å². The summed E-state index contributed by atoms with van der Waals surface area (Å²) in [6, 6.07) is 6.06. The SMILES string of the molecule is Cc1cc(OC(C)C(=O)NCC2CCCNC2)ccc1C(C)C. The van der Waals surface area contributed by atoms with Crippen LogP contribution in [-0.4, -0.2) is 31.6 Å². The summed E-state index contributed by atoms with van der Waals surface area (Å²) in [5.74, 6) is 1.75. The Balaban J connectivity index is 1.84. The van der Waals surface area contributed by atoms with E-state index in [9.17, 15) is 4.79 Å². The number of piperidine rings is 1. The van der Waals surface area contributed by atoms with E-state index in [1.807, 2.05) is 12.1 Å². The third-order valence-corrected chi connectivity index (χ3v) is 4.51. The zero-order valence-electron chi connectivity index (χ0n) is 14.8. The van der Waals surface area contributed by atoms with Crippen LogP contribution in [0.2, 0.25) is 0 Å². The van der Waals surface area contributed by atoms with Crippen LogP contribution in [-0.2, 0) is 4.79 Å². The van der Waals surface area contributed by atoms with Crippen LogP contribution in [0.3, 0.4) is 0 Å². The van der Waals surface area contributed by atoms with Crippen molar-refractivity contribution in [3.05, 3.63) is 29.3 Å². The molecule has 0 aromatic heterocycles. The molecule has 4 nitrogen and oxygen atoms in total. The van der Waals surface area contributed by atoms with Gasteiger partial charge in [-0.15, -0.1) is 0 Å². The number of ether oxygens (including phenoxy) is 1. The molecule has 1 aromatic rings. The summed E-state index contributed by atoms with van der Waals surface area (Å²) >= 11 is 0. The second-order valence-electron chi connectivity index (χ2n) is 6.89. The van der Waals surface area contributed by atoms with E-state index in [4.69, 9.17) is 4.74 Å². The summed E-state index contributed by atoms with van der Waals surface area (Å²) in [5.41, 5.74) is 2.53. The molecule has 1 aliphatic heterocycles. The van der Waals surface area contributed by atoms with Crippen molar-refractivity contribution >= 4 is 5.91 Å². The fourth-order valence-electron chi connectivity index (χ4n) is 3.11. The molecule has 2 N–H and O–H groups in total. The minimum absolute atomic E-state index is 0.0406. The minimum Gasteiger partial charge on any atom is -0.481 e. The highest BCUT2D eigenvalue weighted by Crippen LogP contribution is 2.24. The molecule has 2 rings (SSSR count). The van der Waals surface area contributed by atoms with E-state index in [2.05, 4.69) is 37.5 Å². The molecule has 0 saturated carbocycles. The van der Waals surface area contributed by atoms with Crippen molar-refractivity contribution in [3.63, 3.8) is 0 Å². The van der Waals surface area contributed by atoms with Gasteiger partial charge in [-0.3, -0.25) is 4.79 Å². The fourth-order valence-corrected chi connectivity index (χ4v) is 3.11. The molecule has 4 heteroatoms. The van der Waals surface area contributed by atoms with Gasteiger partial charge in [0.15, 0.2) is 6.10 Å². The van der Waals surface area contributed by atoms with Crippen molar-refractivity contribution in [2.75, 3.05) is 19.6 Å². The minimum atomic E-state index is -0.476. The molecule has 1 heterocycles. The summed E-state index contributed by atoms with van der Waals surface area (Å²) < 4.78 is 5.80. The van der Waals surface area contributed by atoms with Gasteiger partial charge < -0.3 is 15.4 Å². The smallest absolute Gasteiger partial charge is 0.260 e. The predicted octanol–water partition coefficient (Wildman–Crippen LogP) is 3.00. The third-order valence-electron chi connectivity index (χ3n) is 4.51. The van der Waals surface area contributed by atoms with Gasteiger partial charge in [-0.05, 0) is 74.9 Å². The Hall–Kier alpha value is -1.55. The molecule has 1 aromatic carbocycles. The number of hydrogen-bond donors (Lipinski definition) is 2. The highest BCUT2D eigenvalue weighted by Gasteiger charge is 2.18. The molecular formula is C19H30N2O2. The Morgan fingerprint density at radius 2 is 2.17 bits per heavy atom. The van der Waals surface area contributed by atoms with Gasteiger partial charge in [0.25, 0.3) is 5.91 Å². The quantitative estimate of drug-likeness (QED) is 0.848. The maximum absolute atomic E-state index is 12.2. The third kappa shape index (κ3) is 5.24. The first-order chi connectivity index (χ1) is 11.0. The number of amides is 1. The molecule has 0 radical (unpaired) electrons. The average Bonchev–Trinajstić information content (AvgIpc) is 2.53. The lowest BCUT2D eigenvalue weighted by atomic mass is 9.98. The van der Waals surface area contributed by atoms with E-state index >= 15 is 0 Å². The second-order valence-corrected chi connectivity index (χ2v) is 6.89. The molecule has 0 bridgehead atoms. The second kappa shape index (κ2) is 8.34. The van der Waals surface area contributed by atoms with Gasteiger partial charge >= 0.3 is 0 Å². The summed E-state index contributed by atoms with van der Waals surface area (Å²) in [5, 5.41) is 6.38. The van der Waals surface area contributed by atoms with Crippen molar-refractivity contribution in [3.8, 4) is 5.75 Å². The van der Waals surface area contributed by atoms with Gasteiger partial charge in [0.2, 0.25) is 0 Å². The molecule has 2 unspecified atom stereocenters. The molecule has 0 aliphatic carbocycles. The van der Waals surface area contributed by atoms with E-state index in [0.717, 1.165) is 25.4 Å². The zero-order chi connectivity index (χ0) is 16.8. The van der Waals surface area contributed by atoms with Gasteiger partial charge in [-0.2, -0.15) is 0 Å². The van der Waals surface area contributed by atoms with Crippen molar-refractivity contribution in [1.29, 1.82) is 0 Å². The molecule has 1 aliphatic rings. The Bertz CT molecular complexity index is 522. The highest BCUT2D eigenvalue weighted by molar-refractivity contribution is 5.80. The van der Waals surface area contributed by atoms with Crippen molar-refractivity contribution in [1.82, 2.24) is 10.6 Å². The topological polar surface area (TPSA) is 50.4 Å². The summed E-state index contributed by atoms with van der Waals surface area (Å²) in [6.07, 6.45) is 1.89. The zero-order valence-corrected chi connectivity index (χ0v) is 14.8. The van der Waals surface area contributed by atoms with Gasteiger partial charge in [-0.25, -0.2) is 0 Å². The normalized spacial score (nSPS) is 19.4. The van der Waals surface area contributed by atoms with E-state index in [1.54, 1.807) is 6.92 Å². The van der Waals surface area contributed by atoms with Crippen LogP contribution < -0.4 is 15.4 Å². The van der Waals surface area contributed by atoms with Gasteiger partial charge in [0, 0.05) is 6.54 Å². The van der Waals surface area contributed by atoms with Gasteiger partial charge in [0.05, 0.1) is 0 Å². The molecular weight excluding hydrogens is 288 g/mol. The van der Waals surface area contributed by atoms with E-state index in [1.165, 1.54) is 24.0 Å². The van der Waals surface area contributed by atoms with Crippen LogP contribution in [0, 0.1) is 12.8 Å². The number of hydrogen-bond acceptors (Lipinski definition) is 3. The van der Waals surface area contributed by atoms with E-state index < -0.39 is 6.10 Å². The Labute approximate surface area is 140 Å². The van der Waals surface area contributed by atoms with E-state index in [-0.39, 0.29) is 5.91 Å². The monoisotopic (exact) mass is 318 g/mol. The first-order valence-corrected chi connectivity index (χ1v) is 8.73. The lowest BCUT2D eigenvalue weighted by Gasteiger charge is -2.24. The number of nitrogens with one attached hydrogen (secondary N) is 2. The van der Waals surface area contributed by atoms with Gasteiger partial charge in [0.1, 0.15) is 5.75 Å². The van der Waals surface area contributed by atoms with Crippen LogP contribution in [0.25, 0.3) is 0 Å². The summed E-state index contributed by atoms with van der Waals surface area (Å²) in [4.78, 5) is 12.2. The maximum atomic E-state index is 12.2. The first-order valence-electron chi connectivity index (χ1n) is 8.73. The molecule has 1 amide bonds. The summed E-state index contributed by atoms with van der Waals surface area (Å²) in [7, 11) is 0. The van der Waals surface area contributed by atoms with Crippen molar-refractivity contribution in [2.45, 2.75) is 52.6 Å². The molecule has 128 valence electrons. The van der Waals surface area contributed by atoms with Crippen LogP contribution in [0.5, 0.6) is 5.75 Å². The Morgan fingerprint density at radius 1 is 1.39 bits per heavy atom. The van der Waals surface area contributed by atoms with Crippen LogP contribution in [0.1, 0.15) is 50.7 Å². The van der Waals surface area contributed by atoms with Crippen molar-refractivity contribution in [2.24, 2.45) is 5.92 Å². The standard InChI is InChI=1S/C19H30N2O2/c1-13(2)18-8-7-17(10-14(18)3)23-15(4)19(22)21-12-16-6-5-9-20-11-16/h7-8,10,13,15-16,20H,5-6,9,11-12H2,1-4H3,(H,21,22). The maximum Gasteiger partial charge on any atom is 0.260 e. The van der Waals surface area contributed by atoms with Crippen molar-refractivity contribution < 1.29 is 9.53 Å². The molecule has 1 fully saturated rings. The number of carbonyl (C=O) groups is 1. The predicted molar refractivity (Wildman–Crippen MR) is 94.0 cm³/mol. The summed E-state index contributed by atoms with van der Waals surface area (Å²) in [6.45, 7) is 11.1. The van der Waals surface area contributed by atoms with Crippen LogP contribution >= 0.6 is 0 Å². The number of aryl methyl sites for hydroxylation is 1. The number of benzene rings is 1.